The molecular weight excluding hydrogens is 945 g/mol. The van der Waals surface area contributed by atoms with Gasteiger partial charge in [-0.2, -0.15) is 5.26 Å². The Bertz CT molecular complexity index is 4360. The average molecular weight is 997 g/mol. The van der Waals surface area contributed by atoms with Crippen LogP contribution in [-0.4, -0.2) is 0 Å². The van der Waals surface area contributed by atoms with Crippen molar-refractivity contribution in [1.82, 2.24) is 0 Å². The van der Waals surface area contributed by atoms with Gasteiger partial charge >= 0.3 is 0 Å². The van der Waals surface area contributed by atoms with Gasteiger partial charge in [0.05, 0.1) is 33.8 Å². The Morgan fingerprint density at radius 2 is 0.782 bits per heavy atom. The maximum atomic E-state index is 9.79. The van der Waals surface area contributed by atoms with Crippen molar-refractivity contribution in [2.24, 2.45) is 0 Å². The van der Waals surface area contributed by atoms with Crippen molar-refractivity contribution < 1.29 is 4.74 Å². The molecule has 0 aromatic heterocycles. The first-order valence-corrected chi connectivity index (χ1v) is 27.3. The third-order valence-corrected chi connectivity index (χ3v) is 18.6. The molecule has 1 unspecified atom stereocenters. The molecule has 1 aliphatic heterocycles. The van der Waals surface area contributed by atoms with E-state index in [1.165, 1.54) is 106 Å². The summed E-state index contributed by atoms with van der Waals surface area (Å²) >= 11 is 0. The predicted octanol–water partition coefficient (Wildman–Crippen LogP) is 18.5. The van der Waals surface area contributed by atoms with Crippen LogP contribution in [0, 0.1) is 11.3 Å². The molecule has 4 aliphatic carbocycles. The molecule has 1 atom stereocenters. The van der Waals surface area contributed by atoms with E-state index < -0.39 is 10.8 Å². The Labute approximate surface area is 456 Å². The van der Waals surface area contributed by atoms with Crippen molar-refractivity contribution in [3.05, 3.63) is 315 Å². The summed E-state index contributed by atoms with van der Waals surface area (Å²) in [5, 5.41) is 9.79. The summed E-state index contributed by atoms with van der Waals surface area (Å²) in [6, 6.07) is 92.8. The number of para-hydroxylation sites is 4. The smallest absolute Gasteiger partial charge is 0.151 e. The van der Waals surface area contributed by atoms with Crippen molar-refractivity contribution >= 4 is 17.1 Å². The van der Waals surface area contributed by atoms with Crippen LogP contribution in [0.15, 0.2) is 243 Å². The maximum Gasteiger partial charge on any atom is 0.151 e. The van der Waals surface area contributed by atoms with Gasteiger partial charge in [-0.05, 0) is 172 Å². The molecule has 0 fully saturated rings. The van der Waals surface area contributed by atoms with Crippen molar-refractivity contribution in [1.29, 1.82) is 5.26 Å². The van der Waals surface area contributed by atoms with E-state index in [9.17, 15) is 5.26 Å². The molecule has 3 nitrogen and oxygen atoms in total. The van der Waals surface area contributed by atoms with Gasteiger partial charge in [0, 0.05) is 16.5 Å². The van der Waals surface area contributed by atoms with Crippen molar-refractivity contribution in [3.63, 3.8) is 0 Å². The fraction of sp³-hybridized carbons (Fsp3) is 0.107. The first-order valence-electron chi connectivity index (χ1n) is 27.3. The Morgan fingerprint density at radius 3 is 1.40 bits per heavy atom. The highest BCUT2D eigenvalue weighted by Gasteiger charge is 2.56. The lowest BCUT2D eigenvalue weighted by molar-refractivity contribution is 0.477. The van der Waals surface area contributed by atoms with Crippen LogP contribution >= 0.6 is 0 Å². The molecule has 0 amide bonds. The molecule has 0 saturated heterocycles. The number of nitrogens with zero attached hydrogens (tertiary/aromatic N) is 2. The highest BCUT2D eigenvalue weighted by Crippen LogP contribution is 2.66. The number of hydrogen-bond acceptors (Lipinski definition) is 3. The molecule has 1 heterocycles. The number of anilines is 3. The summed E-state index contributed by atoms with van der Waals surface area (Å²) in [7, 11) is 0. The highest BCUT2D eigenvalue weighted by atomic mass is 16.5. The Hall–Kier alpha value is -9.49. The monoisotopic (exact) mass is 996 g/mol. The largest absolute Gasteiger partial charge is 0.453 e. The second kappa shape index (κ2) is 15.8. The molecule has 11 aromatic rings. The number of benzene rings is 11. The number of rotatable bonds is 3. The first-order chi connectivity index (χ1) is 38.1. The number of hydrogen-bond donors (Lipinski definition) is 0. The Morgan fingerprint density at radius 1 is 0.333 bits per heavy atom. The lowest BCUT2D eigenvalue weighted by atomic mass is 9.55. The number of nitriles is 1. The normalized spacial score (nSPS) is 17.1. The topological polar surface area (TPSA) is 36.3 Å². The third kappa shape index (κ3) is 5.61. The number of ether oxygens (including phenoxy) is 1. The molecule has 0 N–H and O–H groups in total. The molecule has 0 bridgehead atoms. The summed E-state index contributed by atoms with van der Waals surface area (Å²) in [5.74, 6) is 1.68. The van der Waals surface area contributed by atoms with Crippen molar-refractivity contribution in [2.45, 2.75) is 49.4 Å². The summed E-state index contributed by atoms with van der Waals surface area (Å²) in [6.45, 7) is 9.61. The van der Waals surface area contributed by atoms with Gasteiger partial charge in [-0.15, -0.1) is 0 Å². The lowest BCUT2D eigenvalue weighted by Gasteiger charge is -2.47. The van der Waals surface area contributed by atoms with Crippen LogP contribution in [-0.2, 0) is 21.7 Å². The zero-order chi connectivity index (χ0) is 52.3. The van der Waals surface area contributed by atoms with Crippen LogP contribution in [0.3, 0.4) is 0 Å². The van der Waals surface area contributed by atoms with Crippen LogP contribution in [0.5, 0.6) is 11.5 Å². The second-order valence-electron chi connectivity index (χ2n) is 23.0. The molecule has 0 radical (unpaired) electrons. The molecule has 368 valence electrons. The van der Waals surface area contributed by atoms with E-state index in [1.807, 2.05) is 24.3 Å². The second-order valence-corrected chi connectivity index (χ2v) is 23.0. The van der Waals surface area contributed by atoms with E-state index in [0.29, 0.717) is 5.56 Å². The van der Waals surface area contributed by atoms with Gasteiger partial charge in [0.2, 0.25) is 0 Å². The van der Waals surface area contributed by atoms with E-state index in [0.717, 1.165) is 34.1 Å². The first kappa shape index (κ1) is 44.8. The lowest BCUT2D eigenvalue weighted by Crippen LogP contribution is -2.40. The minimum Gasteiger partial charge on any atom is -0.453 e. The van der Waals surface area contributed by atoms with Crippen LogP contribution in [0.4, 0.5) is 17.1 Å². The maximum absolute atomic E-state index is 9.79. The number of fused-ring (bicyclic) bond motifs is 20. The van der Waals surface area contributed by atoms with Crippen LogP contribution in [0.1, 0.15) is 100 Å². The standard InChI is InChI=1S/C75H52N2O/c1-72(2)57-21-7-10-24-61(57)74(62-25-11-8-22-58(62)72)56-41-38-50(77-67-28-13-15-30-69(67)78-70-31-16-14-29-68(70)77)44-54(56)52-39-36-48(42-65(52)74)49-37-40-60-66(43-49)75(63-26-12-9-23-59(63)73(60,3)4)55-20-6-5-18-53(55)71-51(19-17-27-64(71)75)47-34-32-46(45-76)33-35-47/h5-44H,1-4H3. The summed E-state index contributed by atoms with van der Waals surface area (Å²) in [5.41, 5.74) is 27.5. The molecule has 78 heavy (non-hydrogen) atoms. The van der Waals surface area contributed by atoms with Crippen molar-refractivity contribution in [2.75, 3.05) is 4.90 Å². The van der Waals surface area contributed by atoms with Crippen LogP contribution < -0.4 is 9.64 Å². The van der Waals surface area contributed by atoms with Gasteiger partial charge in [-0.3, -0.25) is 0 Å². The molecule has 5 aliphatic rings. The molecule has 2 spiro atoms. The zero-order valence-electron chi connectivity index (χ0n) is 43.9. The fourth-order valence-corrected chi connectivity index (χ4v) is 15.3. The fourth-order valence-electron chi connectivity index (χ4n) is 15.3. The van der Waals surface area contributed by atoms with E-state index in [1.54, 1.807) is 0 Å². The Balaban J connectivity index is 0.957. The minimum absolute atomic E-state index is 0.232. The summed E-state index contributed by atoms with van der Waals surface area (Å²) < 4.78 is 6.53. The van der Waals surface area contributed by atoms with E-state index in [-0.39, 0.29) is 10.8 Å². The average Bonchev–Trinajstić information content (AvgIpc) is 3.94. The van der Waals surface area contributed by atoms with Crippen LogP contribution in [0.2, 0.25) is 0 Å². The molecule has 16 rings (SSSR count). The third-order valence-electron chi connectivity index (χ3n) is 18.6. The molecule has 0 saturated carbocycles. The SMILES string of the molecule is CC1(C)c2ccccc2C2(c3ccc(N4c5ccccc5Oc5ccccc54)cc3-c3ccc(-c4ccc5c(c4)C4(c6ccccc6-c6c(-c7ccc(C#N)cc7)cccc64)c4ccccc4C5(C)C)cc32)c2ccccc21. The van der Waals surface area contributed by atoms with Gasteiger partial charge in [0.1, 0.15) is 0 Å². The quantitative estimate of drug-likeness (QED) is 0.177. The summed E-state index contributed by atoms with van der Waals surface area (Å²) in [6.07, 6.45) is 0. The highest BCUT2D eigenvalue weighted by molar-refractivity contribution is 5.98. The van der Waals surface area contributed by atoms with Gasteiger partial charge in [0.15, 0.2) is 11.5 Å². The Kier molecular flexibility index (Phi) is 9.07. The van der Waals surface area contributed by atoms with E-state index in [4.69, 9.17) is 4.74 Å². The van der Waals surface area contributed by atoms with E-state index >= 15 is 0 Å². The van der Waals surface area contributed by atoms with Gasteiger partial charge in [-0.1, -0.05) is 210 Å². The van der Waals surface area contributed by atoms with Gasteiger partial charge < -0.3 is 9.64 Å². The molecule has 11 aromatic carbocycles. The van der Waals surface area contributed by atoms with Crippen molar-refractivity contribution in [3.8, 4) is 62.1 Å². The zero-order valence-corrected chi connectivity index (χ0v) is 43.9. The molecular formula is C75H52N2O. The van der Waals surface area contributed by atoms with E-state index in [2.05, 4.69) is 257 Å². The summed E-state index contributed by atoms with van der Waals surface area (Å²) in [4.78, 5) is 2.37. The predicted molar refractivity (Wildman–Crippen MR) is 316 cm³/mol. The van der Waals surface area contributed by atoms with Gasteiger partial charge in [0.25, 0.3) is 0 Å². The van der Waals surface area contributed by atoms with Gasteiger partial charge in [-0.25, -0.2) is 0 Å². The van der Waals surface area contributed by atoms with Crippen LogP contribution in [0.25, 0.3) is 44.5 Å². The minimum atomic E-state index is -0.611. The molecule has 3 heteroatoms.